The van der Waals surface area contributed by atoms with E-state index in [1.807, 2.05) is 39.0 Å². The number of anilines is 1. The predicted octanol–water partition coefficient (Wildman–Crippen LogP) is 4.22. The van der Waals surface area contributed by atoms with Gasteiger partial charge in [0, 0.05) is 13.0 Å². The number of rotatable bonds is 8. The average molecular weight is 429 g/mol. The van der Waals surface area contributed by atoms with Gasteiger partial charge in [-0.2, -0.15) is 0 Å². The number of sulfonamides is 1. The Balaban J connectivity index is 1.58. The quantitative estimate of drug-likeness (QED) is 0.685. The Labute approximate surface area is 180 Å². The van der Waals surface area contributed by atoms with Gasteiger partial charge in [0.05, 0.1) is 18.0 Å². The minimum absolute atomic E-state index is 0.0580. The first-order chi connectivity index (χ1) is 14.1. The zero-order valence-corrected chi connectivity index (χ0v) is 19.2. The number of fused-ring (bicyclic) bond motifs is 1. The maximum atomic E-state index is 12.5. The van der Waals surface area contributed by atoms with Crippen molar-refractivity contribution in [2.24, 2.45) is 0 Å². The van der Waals surface area contributed by atoms with Gasteiger partial charge < -0.3 is 5.32 Å². The zero-order chi connectivity index (χ0) is 21.9. The molecule has 2 aromatic carbocycles. The van der Waals surface area contributed by atoms with E-state index in [2.05, 4.69) is 23.5 Å². The smallest absolute Gasteiger partial charge is 0.232 e. The molecule has 1 N–H and O–H groups in total. The lowest BCUT2D eigenvalue weighted by Gasteiger charge is -2.24. The summed E-state index contributed by atoms with van der Waals surface area (Å²) in [6, 6.07) is 12.2. The molecule has 1 aliphatic rings. The van der Waals surface area contributed by atoms with Crippen LogP contribution in [0.15, 0.2) is 36.4 Å². The van der Waals surface area contributed by atoms with Crippen LogP contribution in [0, 0.1) is 13.8 Å². The van der Waals surface area contributed by atoms with Crippen molar-refractivity contribution >= 4 is 21.6 Å². The first kappa shape index (κ1) is 22.3. The Morgan fingerprint density at radius 2 is 1.83 bits per heavy atom. The molecule has 0 aromatic heterocycles. The van der Waals surface area contributed by atoms with Gasteiger partial charge in [-0.1, -0.05) is 30.3 Å². The number of aryl methyl sites for hydroxylation is 4. The van der Waals surface area contributed by atoms with Gasteiger partial charge in [0.2, 0.25) is 15.9 Å². The molecule has 6 heteroatoms. The molecule has 3 rings (SSSR count). The normalized spacial score (nSPS) is 14.3. The van der Waals surface area contributed by atoms with E-state index in [1.165, 1.54) is 28.1 Å². The summed E-state index contributed by atoms with van der Waals surface area (Å²) >= 11 is 0. The highest BCUT2D eigenvalue weighted by molar-refractivity contribution is 7.92. The van der Waals surface area contributed by atoms with Gasteiger partial charge in [-0.25, -0.2) is 8.42 Å². The second-order valence-electron chi connectivity index (χ2n) is 8.40. The topological polar surface area (TPSA) is 66.5 Å². The van der Waals surface area contributed by atoms with Crippen LogP contribution in [-0.2, 0) is 27.7 Å². The number of nitrogens with one attached hydrogen (secondary N) is 1. The van der Waals surface area contributed by atoms with Crippen molar-refractivity contribution in [2.45, 2.75) is 58.9 Å². The highest BCUT2D eigenvalue weighted by Crippen LogP contribution is 2.26. The second kappa shape index (κ2) is 9.21. The largest absolute Gasteiger partial charge is 0.350 e. The number of nitrogens with zero attached hydrogens (tertiary/aromatic N) is 1. The molecule has 1 amide bonds. The summed E-state index contributed by atoms with van der Waals surface area (Å²) in [5.41, 5.74) is 6.53. The molecule has 2 aromatic rings. The van der Waals surface area contributed by atoms with Gasteiger partial charge >= 0.3 is 0 Å². The van der Waals surface area contributed by atoms with Gasteiger partial charge in [0.1, 0.15) is 0 Å². The van der Waals surface area contributed by atoms with E-state index < -0.39 is 10.0 Å². The van der Waals surface area contributed by atoms with Crippen molar-refractivity contribution in [3.8, 4) is 0 Å². The Bertz CT molecular complexity index is 1030. The summed E-state index contributed by atoms with van der Waals surface area (Å²) in [6.07, 6.45) is 5.42. The van der Waals surface area contributed by atoms with Gasteiger partial charge in [0.15, 0.2) is 0 Å². The number of hydrogen-bond donors (Lipinski definition) is 1. The SMILES string of the molecule is Cc1ccc(C)c(N(CCCC(=O)N[C@@H](C)c2ccc3c(c2)CCC3)S(C)(=O)=O)c1. The van der Waals surface area contributed by atoms with Crippen LogP contribution < -0.4 is 9.62 Å². The molecule has 0 spiro atoms. The number of amides is 1. The molecule has 0 fully saturated rings. The summed E-state index contributed by atoms with van der Waals surface area (Å²) in [5.74, 6) is -0.0580. The molecular formula is C24H32N2O3S. The molecule has 0 saturated heterocycles. The van der Waals surface area contributed by atoms with E-state index in [-0.39, 0.29) is 24.9 Å². The standard InChI is InChI=1S/C24H32N2O3S/c1-17-10-11-18(2)23(15-17)26(30(4,28)29)14-6-9-24(27)25-19(3)21-13-12-20-7-5-8-22(20)16-21/h10-13,15-16,19H,5-9,14H2,1-4H3,(H,25,27)/t19-/m0/s1. The van der Waals surface area contributed by atoms with Crippen molar-refractivity contribution in [3.63, 3.8) is 0 Å². The average Bonchev–Trinajstić information content (AvgIpc) is 3.14. The molecule has 0 heterocycles. The molecule has 0 bridgehead atoms. The van der Waals surface area contributed by atoms with Crippen LogP contribution in [-0.4, -0.2) is 27.1 Å². The lowest BCUT2D eigenvalue weighted by molar-refractivity contribution is -0.121. The van der Waals surface area contributed by atoms with E-state index >= 15 is 0 Å². The van der Waals surface area contributed by atoms with E-state index in [9.17, 15) is 13.2 Å². The maximum absolute atomic E-state index is 12.5. The van der Waals surface area contributed by atoms with Gasteiger partial charge in [0.25, 0.3) is 0 Å². The Morgan fingerprint density at radius 1 is 1.10 bits per heavy atom. The van der Waals surface area contributed by atoms with Crippen molar-refractivity contribution in [1.29, 1.82) is 0 Å². The van der Waals surface area contributed by atoms with Gasteiger partial charge in [-0.3, -0.25) is 9.10 Å². The van der Waals surface area contributed by atoms with Crippen molar-refractivity contribution in [3.05, 3.63) is 64.2 Å². The van der Waals surface area contributed by atoms with E-state index in [0.29, 0.717) is 12.1 Å². The number of hydrogen-bond acceptors (Lipinski definition) is 3. The Hall–Kier alpha value is -2.34. The lowest BCUT2D eigenvalue weighted by Crippen LogP contribution is -2.33. The van der Waals surface area contributed by atoms with Crippen LogP contribution in [0.4, 0.5) is 5.69 Å². The van der Waals surface area contributed by atoms with Crippen LogP contribution in [0.3, 0.4) is 0 Å². The molecule has 1 aliphatic carbocycles. The van der Waals surface area contributed by atoms with Crippen LogP contribution >= 0.6 is 0 Å². The Morgan fingerprint density at radius 3 is 2.57 bits per heavy atom. The monoisotopic (exact) mass is 428 g/mol. The minimum Gasteiger partial charge on any atom is -0.350 e. The number of carbonyl (C=O) groups is 1. The van der Waals surface area contributed by atoms with Crippen molar-refractivity contribution in [2.75, 3.05) is 17.1 Å². The first-order valence-electron chi connectivity index (χ1n) is 10.6. The van der Waals surface area contributed by atoms with Crippen LogP contribution in [0.1, 0.15) is 60.0 Å². The molecule has 0 unspecified atom stereocenters. The summed E-state index contributed by atoms with van der Waals surface area (Å²) in [4.78, 5) is 12.5. The molecule has 1 atom stereocenters. The van der Waals surface area contributed by atoms with Gasteiger partial charge in [-0.05, 0) is 80.3 Å². The summed E-state index contributed by atoms with van der Waals surface area (Å²) in [6.45, 7) is 6.12. The molecule has 162 valence electrons. The third kappa shape index (κ3) is 5.42. The fraction of sp³-hybridized carbons (Fsp3) is 0.458. The summed E-state index contributed by atoms with van der Waals surface area (Å²) in [7, 11) is -3.43. The number of benzene rings is 2. The molecule has 5 nitrogen and oxygen atoms in total. The van der Waals surface area contributed by atoms with Crippen LogP contribution in [0.5, 0.6) is 0 Å². The summed E-state index contributed by atoms with van der Waals surface area (Å²) in [5, 5.41) is 3.05. The highest BCUT2D eigenvalue weighted by Gasteiger charge is 2.20. The Kier molecular flexibility index (Phi) is 6.86. The molecule has 0 radical (unpaired) electrons. The van der Waals surface area contributed by atoms with Crippen molar-refractivity contribution in [1.82, 2.24) is 5.32 Å². The predicted molar refractivity (Wildman–Crippen MR) is 122 cm³/mol. The van der Waals surface area contributed by atoms with Gasteiger partial charge in [-0.15, -0.1) is 0 Å². The molecule has 30 heavy (non-hydrogen) atoms. The molecule has 0 aliphatic heterocycles. The summed E-state index contributed by atoms with van der Waals surface area (Å²) < 4.78 is 26.1. The maximum Gasteiger partial charge on any atom is 0.232 e. The lowest BCUT2D eigenvalue weighted by atomic mass is 10.0. The highest BCUT2D eigenvalue weighted by atomic mass is 32.2. The molecule has 0 saturated carbocycles. The van der Waals surface area contributed by atoms with Crippen molar-refractivity contribution < 1.29 is 13.2 Å². The zero-order valence-electron chi connectivity index (χ0n) is 18.4. The third-order valence-corrected chi connectivity index (χ3v) is 6.98. The van der Waals surface area contributed by atoms with Crippen LogP contribution in [0.2, 0.25) is 0 Å². The van der Waals surface area contributed by atoms with E-state index in [4.69, 9.17) is 0 Å². The molecular weight excluding hydrogens is 396 g/mol. The first-order valence-corrected chi connectivity index (χ1v) is 12.5. The van der Waals surface area contributed by atoms with E-state index in [0.717, 1.165) is 29.5 Å². The fourth-order valence-electron chi connectivity index (χ4n) is 4.09. The fourth-order valence-corrected chi connectivity index (χ4v) is 5.11. The second-order valence-corrected chi connectivity index (χ2v) is 10.3. The third-order valence-electron chi connectivity index (χ3n) is 5.80. The number of carbonyl (C=O) groups excluding carboxylic acids is 1. The van der Waals surface area contributed by atoms with E-state index in [1.54, 1.807) is 0 Å². The van der Waals surface area contributed by atoms with Crippen LogP contribution in [0.25, 0.3) is 0 Å². The minimum atomic E-state index is -3.43.